The van der Waals surface area contributed by atoms with Gasteiger partial charge in [-0.2, -0.15) is 5.10 Å². The van der Waals surface area contributed by atoms with Crippen molar-refractivity contribution < 1.29 is 9.53 Å². The number of carbonyl (C=O) groups is 1. The van der Waals surface area contributed by atoms with Crippen LogP contribution in [0, 0.1) is 0 Å². The van der Waals surface area contributed by atoms with Gasteiger partial charge in [0.05, 0.1) is 18.3 Å². The topological polar surface area (TPSA) is 112 Å². The molecule has 0 saturated carbocycles. The first-order valence-electron chi connectivity index (χ1n) is 8.01. The van der Waals surface area contributed by atoms with Crippen LogP contribution in [0.2, 0.25) is 0 Å². The molecule has 130 valence electrons. The second-order valence-electron chi connectivity index (χ2n) is 5.73. The van der Waals surface area contributed by atoms with Gasteiger partial charge >= 0.3 is 0 Å². The molecule has 3 heterocycles. The second kappa shape index (κ2) is 6.67. The van der Waals surface area contributed by atoms with Crippen LogP contribution in [0.25, 0.3) is 22.6 Å². The van der Waals surface area contributed by atoms with Gasteiger partial charge < -0.3 is 15.5 Å². The zero-order chi connectivity index (χ0) is 17.9. The molecule has 0 unspecified atom stereocenters. The average molecular weight is 348 g/mol. The highest BCUT2D eigenvalue weighted by atomic mass is 16.5. The number of nitrogens with zero attached hydrogens (tertiary/aromatic N) is 4. The molecule has 3 N–H and O–H groups in total. The van der Waals surface area contributed by atoms with E-state index >= 15 is 0 Å². The maximum Gasteiger partial charge on any atom is 0.255 e. The van der Waals surface area contributed by atoms with Crippen LogP contribution in [0.15, 0.2) is 55.0 Å². The number of amides is 1. The molecule has 4 rings (SSSR count). The van der Waals surface area contributed by atoms with E-state index in [1.165, 1.54) is 0 Å². The van der Waals surface area contributed by atoms with E-state index in [1.807, 2.05) is 35.0 Å². The van der Waals surface area contributed by atoms with Crippen LogP contribution in [0.4, 0.5) is 0 Å². The van der Waals surface area contributed by atoms with Crippen molar-refractivity contribution >= 4 is 17.1 Å². The first-order chi connectivity index (χ1) is 12.7. The summed E-state index contributed by atoms with van der Waals surface area (Å²) in [5, 5.41) is 4.38. The van der Waals surface area contributed by atoms with Gasteiger partial charge in [0.15, 0.2) is 12.3 Å². The van der Waals surface area contributed by atoms with Gasteiger partial charge in [0.25, 0.3) is 5.91 Å². The lowest BCUT2D eigenvalue weighted by atomic mass is 10.2. The van der Waals surface area contributed by atoms with E-state index in [-0.39, 0.29) is 6.61 Å². The number of H-pyrrole nitrogens is 1. The molecule has 0 atom stereocenters. The van der Waals surface area contributed by atoms with E-state index in [9.17, 15) is 4.79 Å². The lowest BCUT2D eigenvalue weighted by Gasteiger charge is -2.08. The molecule has 0 radical (unpaired) electrons. The molecule has 0 bridgehead atoms. The summed E-state index contributed by atoms with van der Waals surface area (Å²) >= 11 is 0. The Balaban J connectivity index is 1.68. The number of hydrogen-bond donors (Lipinski definition) is 2. The minimum absolute atomic E-state index is 0.187. The highest BCUT2D eigenvalue weighted by Gasteiger charge is 2.14. The van der Waals surface area contributed by atoms with Gasteiger partial charge in [-0.3, -0.25) is 9.78 Å². The number of ether oxygens (including phenoxy) is 1. The number of aromatic amines is 1. The molecule has 3 aromatic heterocycles. The third kappa shape index (κ3) is 3.12. The van der Waals surface area contributed by atoms with Gasteiger partial charge in [-0.1, -0.05) is 12.1 Å². The summed E-state index contributed by atoms with van der Waals surface area (Å²) < 4.78 is 7.30. The normalized spacial score (nSPS) is 10.9. The quantitative estimate of drug-likeness (QED) is 0.551. The van der Waals surface area contributed by atoms with E-state index in [0.717, 1.165) is 22.3 Å². The fourth-order valence-electron chi connectivity index (χ4n) is 2.69. The number of nitrogens with one attached hydrogen (secondary N) is 1. The van der Waals surface area contributed by atoms with Crippen molar-refractivity contribution in [2.45, 2.75) is 6.54 Å². The summed E-state index contributed by atoms with van der Waals surface area (Å²) in [7, 11) is 0. The molecule has 1 amide bonds. The van der Waals surface area contributed by atoms with Crippen molar-refractivity contribution in [1.82, 2.24) is 24.7 Å². The predicted octanol–water partition coefficient (Wildman–Crippen LogP) is 1.73. The van der Waals surface area contributed by atoms with Crippen molar-refractivity contribution in [1.29, 1.82) is 0 Å². The molecular formula is C18H16N6O2. The Bertz CT molecular complexity index is 1050. The van der Waals surface area contributed by atoms with Gasteiger partial charge in [-0.05, 0) is 29.8 Å². The molecule has 0 aliphatic heterocycles. The first kappa shape index (κ1) is 15.8. The van der Waals surface area contributed by atoms with Crippen LogP contribution < -0.4 is 10.5 Å². The highest BCUT2D eigenvalue weighted by Crippen LogP contribution is 2.29. The maximum absolute atomic E-state index is 11.0. The third-order valence-corrected chi connectivity index (χ3v) is 3.88. The van der Waals surface area contributed by atoms with Gasteiger partial charge in [-0.25, -0.2) is 9.67 Å². The summed E-state index contributed by atoms with van der Waals surface area (Å²) in [5.74, 6) is 0.648. The highest BCUT2D eigenvalue weighted by molar-refractivity contribution is 5.79. The number of nitrogens with two attached hydrogens (primary N) is 1. The van der Waals surface area contributed by atoms with Gasteiger partial charge in [0, 0.05) is 12.4 Å². The summed E-state index contributed by atoms with van der Waals surface area (Å²) in [6.07, 6.45) is 5.23. The number of fused-ring (bicyclic) bond motifs is 1. The molecule has 8 nitrogen and oxygen atoms in total. The predicted molar refractivity (Wildman–Crippen MR) is 95.3 cm³/mol. The number of benzene rings is 1. The number of rotatable bonds is 6. The minimum atomic E-state index is -0.530. The summed E-state index contributed by atoms with van der Waals surface area (Å²) in [6, 6.07) is 11.2. The monoisotopic (exact) mass is 348 g/mol. The number of para-hydroxylation sites is 1. The van der Waals surface area contributed by atoms with Crippen molar-refractivity contribution in [3.63, 3.8) is 0 Å². The molecule has 0 aliphatic carbocycles. The lowest BCUT2D eigenvalue weighted by Crippen LogP contribution is -2.20. The smallest absolute Gasteiger partial charge is 0.255 e. The van der Waals surface area contributed by atoms with Crippen molar-refractivity contribution in [2.75, 3.05) is 6.61 Å². The Morgan fingerprint density at radius 3 is 2.81 bits per heavy atom. The number of aromatic nitrogens is 5. The van der Waals surface area contributed by atoms with Gasteiger partial charge in [0.1, 0.15) is 17.1 Å². The molecule has 26 heavy (non-hydrogen) atoms. The van der Waals surface area contributed by atoms with E-state index in [0.29, 0.717) is 18.1 Å². The van der Waals surface area contributed by atoms with Crippen LogP contribution in [0.3, 0.4) is 0 Å². The van der Waals surface area contributed by atoms with Crippen molar-refractivity contribution in [3.05, 3.63) is 60.6 Å². The van der Waals surface area contributed by atoms with Crippen molar-refractivity contribution in [2.24, 2.45) is 5.73 Å². The Morgan fingerprint density at radius 2 is 2.00 bits per heavy atom. The molecule has 4 aromatic rings. The van der Waals surface area contributed by atoms with E-state index in [4.69, 9.17) is 10.5 Å². The SMILES string of the molecule is NC(=O)COc1ccccc1-c1nc2c(cnn2Cc2ccncc2)[nH]1. The number of hydrogen-bond acceptors (Lipinski definition) is 5. The fourth-order valence-corrected chi connectivity index (χ4v) is 2.69. The van der Waals surface area contributed by atoms with Crippen LogP contribution >= 0.6 is 0 Å². The average Bonchev–Trinajstić information content (AvgIpc) is 3.23. The third-order valence-electron chi connectivity index (χ3n) is 3.88. The summed E-state index contributed by atoms with van der Waals surface area (Å²) in [5.41, 5.74) is 8.55. The maximum atomic E-state index is 11.0. The fraction of sp³-hybridized carbons (Fsp3) is 0.111. The Morgan fingerprint density at radius 1 is 1.19 bits per heavy atom. The molecule has 0 aliphatic rings. The zero-order valence-corrected chi connectivity index (χ0v) is 13.8. The van der Waals surface area contributed by atoms with Crippen LogP contribution in [0.1, 0.15) is 5.56 Å². The Kier molecular flexibility index (Phi) is 4.06. The van der Waals surface area contributed by atoms with Crippen LogP contribution in [0.5, 0.6) is 5.75 Å². The number of primary amides is 1. The van der Waals surface area contributed by atoms with Crippen LogP contribution in [-0.2, 0) is 11.3 Å². The number of carbonyl (C=O) groups excluding carboxylic acids is 1. The van der Waals surface area contributed by atoms with Crippen LogP contribution in [-0.4, -0.2) is 37.2 Å². The Labute approximate surface area is 148 Å². The molecule has 0 saturated heterocycles. The van der Waals surface area contributed by atoms with E-state index in [1.54, 1.807) is 24.7 Å². The molecule has 8 heteroatoms. The van der Waals surface area contributed by atoms with E-state index in [2.05, 4.69) is 20.1 Å². The summed E-state index contributed by atoms with van der Waals surface area (Å²) in [4.78, 5) is 22.9. The lowest BCUT2D eigenvalue weighted by molar-refractivity contribution is -0.119. The second-order valence-corrected chi connectivity index (χ2v) is 5.73. The molecule has 1 aromatic carbocycles. The zero-order valence-electron chi connectivity index (χ0n) is 13.8. The minimum Gasteiger partial charge on any atom is -0.483 e. The molecular weight excluding hydrogens is 332 g/mol. The van der Waals surface area contributed by atoms with Gasteiger partial charge in [-0.15, -0.1) is 0 Å². The standard InChI is InChI=1S/C18H16N6O2/c19-16(25)11-26-15-4-2-1-3-13(15)17-22-14-9-21-24(18(14)23-17)10-12-5-7-20-8-6-12/h1-9H,10-11H2,(H2,19,25)(H,22,23). The molecule has 0 spiro atoms. The van der Waals surface area contributed by atoms with Crippen molar-refractivity contribution in [3.8, 4) is 17.1 Å². The summed E-state index contributed by atoms with van der Waals surface area (Å²) in [6.45, 7) is 0.406. The number of pyridine rings is 1. The molecule has 0 fully saturated rings. The Hall–Kier alpha value is -3.68. The largest absolute Gasteiger partial charge is 0.483 e. The first-order valence-corrected chi connectivity index (χ1v) is 8.01. The number of imidazole rings is 1. The van der Waals surface area contributed by atoms with E-state index < -0.39 is 5.91 Å². The van der Waals surface area contributed by atoms with Gasteiger partial charge in [0.2, 0.25) is 0 Å².